The van der Waals surface area contributed by atoms with E-state index >= 15 is 0 Å². The maximum absolute atomic E-state index is 11.9. The molecule has 0 radical (unpaired) electrons. The second-order valence-electron chi connectivity index (χ2n) is 3.84. The Bertz CT molecular complexity index is 622. The van der Waals surface area contributed by atoms with Crippen molar-refractivity contribution in [3.05, 3.63) is 47.4 Å². The molecule has 0 bridgehead atoms. The molecule has 0 atom stereocenters. The number of hydrogen-bond acceptors (Lipinski definition) is 3. The zero-order valence-electron chi connectivity index (χ0n) is 10.6. The lowest BCUT2D eigenvalue weighted by Gasteiger charge is -2.07. The van der Waals surface area contributed by atoms with E-state index in [9.17, 15) is 9.59 Å². The van der Waals surface area contributed by atoms with Crippen molar-refractivity contribution in [1.82, 2.24) is 5.32 Å². The summed E-state index contributed by atoms with van der Waals surface area (Å²) >= 11 is 5.72. The summed E-state index contributed by atoms with van der Waals surface area (Å²) in [6.07, 6.45) is 1.34. The van der Waals surface area contributed by atoms with Crippen LogP contribution in [0.4, 0.5) is 16.2 Å². The van der Waals surface area contributed by atoms with Crippen molar-refractivity contribution in [2.24, 2.45) is 0 Å². The summed E-state index contributed by atoms with van der Waals surface area (Å²) in [6.45, 7) is 0. The zero-order valence-corrected chi connectivity index (χ0v) is 11.3. The summed E-state index contributed by atoms with van der Waals surface area (Å²) < 4.78 is 4.85. The van der Waals surface area contributed by atoms with Gasteiger partial charge in [-0.1, -0.05) is 0 Å². The van der Waals surface area contributed by atoms with Crippen LogP contribution in [0.15, 0.2) is 41.0 Å². The molecule has 1 heterocycles. The summed E-state index contributed by atoms with van der Waals surface area (Å²) in [5.74, 6) is -0.365. The highest BCUT2D eigenvalue weighted by Crippen LogP contribution is 2.19. The molecule has 2 rings (SSSR count). The molecule has 3 amide bonds. The molecule has 0 aliphatic carbocycles. The Morgan fingerprint density at radius 2 is 1.65 bits per heavy atom. The average molecular weight is 294 g/mol. The van der Waals surface area contributed by atoms with Gasteiger partial charge in [0.25, 0.3) is 5.91 Å². The topological polar surface area (TPSA) is 83.4 Å². The van der Waals surface area contributed by atoms with Crippen molar-refractivity contribution >= 4 is 34.9 Å². The van der Waals surface area contributed by atoms with E-state index < -0.39 is 0 Å². The van der Waals surface area contributed by atoms with Gasteiger partial charge < -0.3 is 20.4 Å². The van der Waals surface area contributed by atoms with Gasteiger partial charge in [0.05, 0.1) is 11.8 Å². The third kappa shape index (κ3) is 3.30. The molecular formula is C13H12ClN3O3. The lowest BCUT2D eigenvalue weighted by molar-refractivity contribution is 0.102. The van der Waals surface area contributed by atoms with Crippen molar-refractivity contribution in [2.45, 2.75) is 0 Å². The predicted molar refractivity (Wildman–Crippen MR) is 76.2 cm³/mol. The van der Waals surface area contributed by atoms with E-state index in [2.05, 4.69) is 16.0 Å². The normalized spacial score (nSPS) is 9.90. The van der Waals surface area contributed by atoms with Crippen molar-refractivity contribution in [1.29, 1.82) is 0 Å². The van der Waals surface area contributed by atoms with Crippen LogP contribution in [0.3, 0.4) is 0 Å². The molecule has 6 nitrogen and oxygen atoms in total. The minimum atomic E-state index is -0.365. The Hall–Kier alpha value is -2.47. The average Bonchev–Trinajstić information content (AvgIpc) is 2.87. The van der Waals surface area contributed by atoms with Crippen molar-refractivity contribution in [3.8, 4) is 0 Å². The number of benzene rings is 1. The molecule has 0 aliphatic rings. The van der Waals surface area contributed by atoms with E-state index in [1.165, 1.54) is 19.4 Å². The molecule has 20 heavy (non-hydrogen) atoms. The van der Waals surface area contributed by atoms with Gasteiger partial charge in [0.1, 0.15) is 0 Å². The quantitative estimate of drug-likeness (QED) is 0.813. The van der Waals surface area contributed by atoms with Gasteiger partial charge in [0.15, 0.2) is 0 Å². The van der Waals surface area contributed by atoms with Gasteiger partial charge in [-0.2, -0.15) is 0 Å². The summed E-state index contributed by atoms with van der Waals surface area (Å²) in [7, 11) is 1.53. The maximum atomic E-state index is 11.9. The fraction of sp³-hybridized carbons (Fsp3) is 0.0769. The molecule has 0 fully saturated rings. The first kappa shape index (κ1) is 14.0. The van der Waals surface area contributed by atoms with Gasteiger partial charge >= 0.3 is 6.03 Å². The van der Waals surface area contributed by atoms with Crippen LogP contribution in [0.25, 0.3) is 0 Å². The lowest BCUT2D eigenvalue weighted by atomic mass is 10.2. The van der Waals surface area contributed by atoms with Crippen molar-refractivity contribution < 1.29 is 14.0 Å². The molecule has 1 aromatic carbocycles. The van der Waals surface area contributed by atoms with E-state index in [1.54, 1.807) is 24.3 Å². The van der Waals surface area contributed by atoms with E-state index in [0.717, 1.165) is 0 Å². The highest BCUT2D eigenvalue weighted by atomic mass is 35.5. The number of anilines is 2. The first-order valence-electron chi connectivity index (χ1n) is 5.73. The molecule has 0 unspecified atom stereocenters. The first-order chi connectivity index (χ1) is 9.60. The molecule has 0 aliphatic heterocycles. The van der Waals surface area contributed by atoms with Crippen LogP contribution in [0, 0.1) is 0 Å². The molecule has 2 aromatic rings. The van der Waals surface area contributed by atoms with E-state index in [-0.39, 0.29) is 22.7 Å². The Balaban J connectivity index is 2.02. The number of carbonyl (C=O) groups is 2. The summed E-state index contributed by atoms with van der Waals surface area (Å²) in [5, 5.41) is 7.76. The van der Waals surface area contributed by atoms with Gasteiger partial charge in [-0.3, -0.25) is 4.79 Å². The Kier molecular flexibility index (Phi) is 4.27. The summed E-state index contributed by atoms with van der Waals surface area (Å²) in [5.41, 5.74) is 1.46. The van der Waals surface area contributed by atoms with Crippen LogP contribution >= 0.6 is 11.6 Å². The highest BCUT2D eigenvalue weighted by molar-refractivity contribution is 6.32. The minimum absolute atomic E-state index is 0.0420. The van der Waals surface area contributed by atoms with Crippen LogP contribution in [0.2, 0.25) is 5.22 Å². The molecule has 1 aromatic heterocycles. The summed E-state index contributed by atoms with van der Waals surface area (Å²) in [4.78, 5) is 23.0. The number of rotatable bonds is 3. The number of carbonyl (C=O) groups excluding carboxylic acids is 2. The second kappa shape index (κ2) is 6.12. The Labute approximate surface area is 120 Å². The first-order valence-corrected chi connectivity index (χ1v) is 6.11. The molecular weight excluding hydrogens is 282 g/mol. The lowest BCUT2D eigenvalue weighted by Crippen LogP contribution is -2.24. The smallest absolute Gasteiger partial charge is 0.318 e. The Morgan fingerprint density at radius 1 is 1.05 bits per heavy atom. The molecule has 7 heteroatoms. The molecule has 0 saturated carbocycles. The number of furan rings is 1. The SMILES string of the molecule is CNC(=O)Nc1ccc(NC(=O)c2ccoc2Cl)cc1. The Morgan fingerprint density at radius 3 is 2.15 bits per heavy atom. The third-order valence-corrected chi connectivity index (χ3v) is 2.78. The molecule has 0 saturated heterocycles. The van der Waals surface area contributed by atoms with Gasteiger partial charge in [-0.05, 0) is 41.9 Å². The number of halogens is 1. The van der Waals surface area contributed by atoms with E-state index in [1.807, 2.05) is 0 Å². The number of nitrogens with one attached hydrogen (secondary N) is 3. The molecule has 3 N–H and O–H groups in total. The van der Waals surface area contributed by atoms with E-state index in [4.69, 9.17) is 16.0 Å². The van der Waals surface area contributed by atoms with Gasteiger partial charge in [-0.25, -0.2) is 4.79 Å². The fourth-order valence-corrected chi connectivity index (χ4v) is 1.68. The molecule has 104 valence electrons. The maximum Gasteiger partial charge on any atom is 0.318 e. The van der Waals surface area contributed by atoms with Crippen LogP contribution in [-0.4, -0.2) is 19.0 Å². The monoisotopic (exact) mass is 293 g/mol. The third-order valence-electron chi connectivity index (χ3n) is 2.49. The number of hydrogen-bond donors (Lipinski definition) is 3. The predicted octanol–water partition coefficient (Wildman–Crippen LogP) is 2.94. The van der Waals surface area contributed by atoms with Crippen LogP contribution < -0.4 is 16.0 Å². The van der Waals surface area contributed by atoms with E-state index in [0.29, 0.717) is 11.4 Å². The van der Waals surface area contributed by atoms with Gasteiger partial charge in [-0.15, -0.1) is 0 Å². The van der Waals surface area contributed by atoms with Crippen LogP contribution in [0.1, 0.15) is 10.4 Å². The largest absolute Gasteiger partial charge is 0.452 e. The zero-order chi connectivity index (χ0) is 14.5. The number of amides is 3. The van der Waals surface area contributed by atoms with Crippen LogP contribution in [-0.2, 0) is 0 Å². The number of urea groups is 1. The van der Waals surface area contributed by atoms with Crippen molar-refractivity contribution in [3.63, 3.8) is 0 Å². The second-order valence-corrected chi connectivity index (χ2v) is 4.19. The summed E-state index contributed by atoms with van der Waals surface area (Å²) in [6, 6.07) is 7.84. The van der Waals surface area contributed by atoms with Crippen molar-refractivity contribution in [2.75, 3.05) is 17.7 Å². The molecule has 0 spiro atoms. The fourth-order valence-electron chi connectivity index (χ4n) is 1.48. The standard InChI is InChI=1S/C13H12ClN3O3/c1-15-13(19)17-9-4-2-8(3-5-9)16-12(18)10-6-7-20-11(10)14/h2-7H,1H3,(H,16,18)(H2,15,17,19). The minimum Gasteiger partial charge on any atom is -0.452 e. The van der Waals surface area contributed by atoms with Crippen LogP contribution in [0.5, 0.6) is 0 Å². The van der Waals surface area contributed by atoms with Gasteiger partial charge in [0.2, 0.25) is 5.22 Å². The highest BCUT2D eigenvalue weighted by Gasteiger charge is 2.12. The van der Waals surface area contributed by atoms with Gasteiger partial charge in [0, 0.05) is 18.4 Å².